The van der Waals surface area contributed by atoms with Gasteiger partial charge < -0.3 is 9.15 Å². The lowest BCUT2D eigenvalue weighted by Crippen LogP contribution is -2.05. The van der Waals surface area contributed by atoms with Crippen molar-refractivity contribution >= 4 is 17.9 Å². The Morgan fingerprint density at radius 1 is 1.63 bits per heavy atom. The molecular weight excluding hydrogens is 252 g/mol. The van der Waals surface area contributed by atoms with E-state index in [9.17, 15) is 14.9 Å². The molecule has 0 N–H and O–H groups in total. The lowest BCUT2D eigenvalue weighted by molar-refractivity contribution is -0.402. The molecule has 0 amide bonds. The molecule has 0 saturated carbocycles. The Kier molecular flexibility index (Phi) is 5.04. The van der Waals surface area contributed by atoms with Crippen molar-refractivity contribution in [2.45, 2.75) is 6.92 Å². The van der Waals surface area contributed by atoms with Crippen LogP contribution in [-0.2, 0) is 9.53 Å². The summed E-state index contributed by atoms with van der Waals surface area (Å²) in [7, 11) is 0. The van der Waals surface area contributed by atoms with Crippen molar-refractivity contribution in [1.29, 1.82) is 5.26 Å². The average Bonchev–Trinajstić information content (AvgIpc) is 2.83. The third kappa shape index (κ3) is 4.12. The second-order valence-electron chi connectivity index (χ2n) is 3.20. The van der Waals surface area contributed by atoms with Crippen LogP contribution < -0.4 is 0 Å². The van der Waals surface area contributed by atoms with Crippen molar-refractivity contribution in [1.82, 2.24) is 0 Å². The minimum Gasteiger partial charge on any atom is -0.462 e. The van der Waals surface area contributed by atoms with E-state index in [0.29, 0.717) is 0 Å². The van der Waals surface area contributed by atoms with Crippen molar-refractivity contribution in [3.05, 3.63) is 45.7 Å². The minimum atomic E-state index is -0.722. The maximum atomic E-state index is 11.3. The zero-order valence-electron chi connectivity index (χ0n) is 10.0. The van der Waals surface area contributed by atoms with Crippen LogP contribution in [0.3, 0.4) is 0 Å². The first kappa shape index (κ1) is 14.2. The van der Waals surface area contributed by atoms with E-state index >= 15 is 0 Å². The summed E-state index contributed by atoms with van der Waals surface area (Å²) in [5.74, 6) is -0.862. The normalized spacial score (nSPS) is 11.3. The number of esters is 1. The Morgan fingerprint density at radius 3 is 2.89 bits per heavy atom. The fraction of sp³-hybridized carbons (Fsp3) is 0.167. The van der Waals surface area contributed by atoms with Crippen molar-refractivity contribution in [2.24, 2.45) is 0 Å². The third-order valence-corrected chi connectivity index (χ3v) is 1.93. The first-order chi connectivity index (χ1) is 9.08. The van der Waals surface area contributed by atoms with E-state index < -0.39 is 10.9 Å². The number of allylic oxidation sites excluding steroid dienone is 2. The van der Waals surface area contributed by atoms with Gasteiger partial charge in [-0.2, -0.15) is 5.26 Å². The molecule has 0 aliphatic rings. The molecule has 19 heavy (non-hydrogen) atoms. The van der Waals surface area contributed by atoms with Crippen LogP contribution in [-0.4, -0.2) is 17.5 Å². The van der Waals surface area contributed by atoms with Gasteiger partial charge in [0.2, 0.25) is 0 Å². The number of rotatable bonds is 5. The summed E-state index contributed by atoms with van der Waals surface area (Å²) in [6.07, 6.45) is 4.01. The second-order valence-corrected chi connectivity index (χ2v) is 3.20. The van der Waals surface area contributed by atoms with Crippen LogP contribution in [0.5, 0.6) is 0 Å². The number of nitrogens with zero attached hydrogens (tertiary/aromatic N) is 2. The molecule has 1 aromatic heterocycles. The highest BCUT2D eigenvalue weighted by molar-refractivity contribution is 5.93. The number of hydrogen-bond acceptors (Lipinski definition) is 6. The lowest BCUT2D eigenvalue weighted by atomic mass is 10.2. The van der Waals surface area contributed by atoms with Gasteiger partial charge in [-0.25, -0.2) is 4.79 Å². The van der Waals surface area contributed by atoms with E-state index in [4.69, 9.17) is 9.68 Å². The summed E-state index contributed by atoms with van der Waals surface area (Å²) in [4.78, 5) is 21.0. The van der Waals surface area contributed by atoms with Gasteiger partial charge in [-0.15, -0.1) is 0 Å². The topological polar surface area (TPSA) is 106 Å². The maximum Gasteiger partial charge on any atom is 0.433 e. The number of furan rings is 1. The molecule has 0 fully saturated rings. The Balaban J connectivity index is 2.77. The zero-order valence-corrected chi connectivity index (χ0v) is 10.0. The van der Waals surface area contributed by atoms with Gasteiger partial charge in [-0.05, 0) is 25.1 Å². The molecule has 0 saturated heterocycles. The summed E-state index contributed by atoms with van der Waals surface area (Å²) in [6.45, 7) is 1.80. The highest BCUT2D eigenvalue weighted by atomic mass is 16.6. The molecular formula is C12H10N2O5. The van der Waals surface area contributed by atoms with E-state index in [1.807, 2.05) is 0 Å². The number of nitro groups is 1. The fourth-order valence-electron chi connectivity index (χ4n) is 1.13. The molecule has 0 atom stereocenters. The predicted molar refractivity (Wildman–Crippen MR) is 64.7 cm³/mol. The molecule has 0 unspecified atom stereocenters. The van der Waals surface area contributed by atoms with Gasteiger partial charge in [0, 0.05) is 0 Å². The van der Waals surface area contributed by atoms with Gasteiger partial charge in [0.05, 0.1) is 12.7 Å². The summed E-state index contributed by atoms with van der Waals surface area (Å²) >= 11 is 0. The Labute approximate surface area is 108 Å². The highest BCUT2D eigenvalue weighted by Gasteiger charge is 2.10. The molecule has 0 aromatic carbocycles. The first-order valence-corrected chi connectivity index (χ1v) is 5.28. The van der Waals surface area contributed by atoms with Crippen molar-refractivity contribution < 1.29 is 18.9 Å². The lowest BCUT2D eigenvalue weighted by Gasteiger charge is -1.97. The molecule has 7 heteroatoms. The minimum absolute atomic E-state index is 0.167. The summed E-state index contributed by atoms with van der Waals surface area (Å²) < 4.78 is 9.51. The monoisotopic (exact) mass is 262 g/mol. The van der Waals surface area contributed by atoms with Crippen molar-refractivity contribution in [3.63, 3.8) is 0 Å². The fourth-order valence-corrected chi connectivity index (χ4v) is 1.13. The van der Waals surface area contributed by atoms with Gasteiger partial charge in [0.15, 0.2) is 0 Å². The Bertz CT molecular complexity index is 577. The maximum absolute atomic E-state index is 11.3. The smallest absolute Gasteiger partial charge is 0.433 e. The molecule has 1 heterocycles. The number of carbonyl (C=O) groups excluding carboxylic acids is 1. The molecule has 0 spiro atoms. The van der Waals surface area contributed by atoms with Crippen LogP contribution >= 0.6 is 0 Å². The third-order valence-electron chi connectivity index (χ3n) is 1.93. The molecule has 7 nitrogen and oxygen atoms in total. The molecule has 1 rings (SSSR count). The van der Waals surface area contributed by atoms with Gasteiger partial charge in [0.1, 0.15) is 22.3 Å². The van der Waals surface area contributed by atoms with E-state index in [2.05, 4.69) is 4.74 Å². The second kappa shape index (κ2) is 6.76. The van der Waals surface area contributed by atoms with E-state index in [1.165, 1.54) is 30.4 Å². The van der Waals surface area contributed by atoms with Crippen LogP contribution in [0, 0.1) is 21.4 Å². The highest BCUT2D eigenvalue weighted by Crippen LogP contribution is 2.16. The average molecular weight is 262 g/mol. The van der Waals surface area contributed by atoms with Crippen LogP contribution in [0.25, 0.3) is 6.08 Å². The summed E-state index contributed by atoms with van der Waals surface area (Å²) in [5.41, 5.74) is -0.167. The first-order valence-electron chi connectivity index (χ1n) is 5.28. The molecule has 0 aliphatic heterocycles. The van der Waals surface area contributed by atoms with E-state index in [0.717, 1.165) is 0 Å². The quantitative estimate of drug-likeness (QED) is 0.201. The molecule has 0 aliphatic carbocycles. The predicted octanol–water partition coefficient (Wildman–Crippen LogP) is 2.21. The van der Waals surface area contributed by atoms with Crippen LogP contribution in [0.4, 0.5) is 5.88 Å². The number of nitriles is 1. The van der Waals surface area contributed by atoms with Crippen LogP contribution in [0.2, 0.25) is 0 Å². The van der Waals surface area contributed by atoms with Gasteiger partial charge in [-0.3, -0.25) is 10.1 Å². The summed E-state index contributed by atoms with van der Waals surface area (Å²) in [5, 5.41) is 19.1. The van der Waals surface area contributed by atoms with Crippen molar-refractivity contribution in [3.8, 4) is 6.07 Å². The largest absolute Gasteiger partial charge is 0.462 e. The van der Waals surface area contributed by atoms with Gasteiger partial charge >= 0.3 is 11.9 Å². The number of ether oxygens (including phenoxy) is 1. The summed E-state index contributed by atoms with van der Waals surface area (Å²) in [6, 6.07) is 4.30. The van der Waals surface area contributed by atoms with Crippen LogP contribution in [0.15, 0.2) is 34.3 Å². The van der Waals surface area contributed by atoms with E-state index in [-0.39, 0.29) is 23.8 Å². The van der Waals surface area contributed by atoms with Gasteiger partial charge in [0.25, 0.3) is 0 Å². The number of carbonyl (C=O) groups is 1. The van der Waals surface area contributed by atoms with E-state index in [1.54, 1.807) is 13.0 Å². The van der Waals surface area contributed by atoms with Crippen LogP contribution in [0.1, 0.15) is 12.7 Å². The molecule has 98 valence electrons. The Hall–Kier alpha value is -2.88. The zero-order chi connectivity index (χ0) is 14.3. The van der Waals surface area contributed by atoms with Crippen molar-refractivity contribution in [2.75, 3.05) is 6.61 Å². The van der Waals surface area contributed by atoms with Gasteiger partial charge in [-0.1, -0.05) is 6.08 Å². The standard InChI is InChI=1S/C12H10N2O5/c1-2-18-12(15)9(8-13)4-3-5-10-6-7-11(19-10)14(16)17/h3-7H,2H2,1H3/b5-3+,9-4+. The molecule has 1 aromatic rings. The number of hydrogen-bond donors (Lipinski definition) is 0. The Morgan fingerprint density at radius 2 is 2.37 bits per heavy atom. The molecule has 0 bridgehead atoms. The SMILES string of the molecule is CCOC(=O)/C(C#N)=C/C=C/c1ccc([N+](=O)[O-])o1. The molecule has 0 radical (unpaired) electrons.